The highest BCUT2D eigenvalue weighted by Gasteiger charge is 2.20. The number of rotatable bonds is 6. The highest BCUT2D eigenvalue weighted by Crippen LogP contribution is 2.16. The van der Waals surface area contributed by atoms with E-state index in [-0.39, 0.29) is 12.5 Å². The van der Waals surface area contributed by atoms with E-state index in [9.17, 15) is 4.79 Å². The van der Waals surface area contributed by atoms with Gasteiger partial charge in [0.25, 0.3) is 0 Å². The molecule has 0 aliphatic carbocycles. The fraction of sp³-hybridized carbons (Fsp3) is 0.846. The molecule has 0 aromatic heterocycles. The Balaban J connectivity index is 2.15. The number of hydrogen-bond acceptors (Lipinski definition) is 4. The van der Waals surface area contributed by atoms with Crippen LogP contribution in [-0.4, -0.2) is 49.6 Å². The van der Waals surface area contributed by atoms with Crippen molar-refractivity contribution in [3.8, 4) is 6.07 Å². The molecule has 1 aliphatic rings. The van der Waals surface area contributed by atoms with Crippen LogP contribution in [0.4, 0.5) is 0 Å². The monoisotopic (exact) mass is 252 g/mol. The van der Waals surface area contributed by atoms with Crippen LogP contribution >= 0.6 is 0 Å². The lowest BCUT2D eigenvalue weighted by Crippen LogP contribution is -2.43. The summed E-state index contributed by atoms with van der Waals surface area (Å²) < 4.78 is 0. The third kappa shape index (κ3) is 5.99. The molecule has 1 rings (SSSR count). The van der Waals surface area contributed by atoms with Crippen molar-refractivity contribution in [2.45, 2.75) is 32.7 Å². The molecule has 5 heteroatoms. The SMILES string of the molecule is CC(C)NCC1CCN(CC(=O)NCC#N)CC1. The van der Waals surface area contributed by atoms with Crippen LogP contribution in [0, 0.1) is 17.2 Å². The molecule has 0 atom stereocenters. The zero-order valence-electron chi connectivity index (χ0n) is 11.4. The number of carbonyl (C=O) groups is 1. The van der Waals surface area contributed by atoms with Gasteiger partial charge >= 0.3 is 0 Å². The van der Waals surface area contributed by atoms with Crippen molar-refractivity contribution in [2.75, 3.05) is 32.7 Å². The van der Waals surface area contributed by atoms with Gasteiger partial charge in [0.15, 0.2) is 0 Å². The van der Waals surface area contributed by atoms with Gasteiger partial charge in [-0.3, -0.25) is 9.69 Å². The van der Waals surface area contributed by atoms with E-state index in [0.717, 1.165) is 38.4 Å². The lowest BCUT2D eigenvalue weighted by Gasteiger charge is -2.31. The van der Waals surface area contributed by atoms with Gasteiger partial charge in [-0.1, -0.05) is 13.8 Å². The average Bonchev–Trinajstić information content (AvgIpc) is 2.35. The Morgan fingerprint density at radius 1 is 1.44 bits per heavy atom. The van der Waals surface area contributed by atoms with Gasteiger partial charge in [0.1, 0.15) is 6.54 Å². The second-order valence-electron chi connectivity index (χ2n) is 5.22. The summed E-state index contributed by atoms with van der Waals surface area (Å²) in [7, 11) is 0. The van der Waals surface area contributed by atoms with E-state index in [4.69, 9.17) is 5.26 Å². The first-order valence-electron chi connectivity index (χ1n) is 6.71. The Bertz CT molecular complexity index is 290. The zero-order valence-corrected chi connectivity index (χ0v) is 11.4. The normalized spacial score (nSPS) is 17.7. The minimum atomic E-state index is -0.0460. The third-order valence-corrected chi connectivity index (χ3v) is 3.25. The van der Waals surface area contributed by atoms with Gasteiger partial charge in [-0.15, -0.1) is 0 Å². The van der Waals surface area contributed by atoms with Crippen LogP contribution in [-0.2, 0) is 4.79 Å². The second-order valence-corrected chi connectivity index (χ2v) is 5.22. The largest absolute Gasteiger partial charge is 0.342 e. The molecular weight excluding hydrogens is 228 g/mol. The predicted octanol–water partition coefficient (Wildman–Crippen LogP) is 0.336. The van der Waals surface area contributed by atoms with Crippen molar-refractivity contribution >= 4 is 5.91 Å². The van der Waals surface area contributed by atoms with Crippen LogP contribution in [0.2, 0.25) is 0 Å². The molecule has 0 aromatic rings. The van der Waals surface area contributed by atoms with Gasteiger partial charge in [0.2, 0.25) is 5.91 Å². The predicted molar refractivity (Wildman–Crippen MR) is 70.9 cm³/mol. The molecule has 1 aliphatic heterocycles. The summed E-state index contributed by atoms with van der Waals surface area (Å²) in [6.45, 7) is 7.88. The molecule has 5 nitrogen and oxygen atoms in total. The maximum Gasteiger partial charge on any atom is 0.235 e. The standard InChI is InChI=1S/C13H24N4O/c1-11(2)16-9-12-3-7-17(8-4-12)10-13(18)15-6-5-14/h11-12,16H,3-4,6-10H2,1-2H3,(H,15,18). The summed E-state index contributed by atoms with van der Waals surface area (Å²) in [4.78, 5) is 13.6. The van der Waals surface area contributed by atoms with Crippen LogP contribution in [0.25, 0.3) is 0 Å². The molecule has 1 heterocycles. The van der Waals surface area contributed by atoms with Crippen molar-refractivity contribution in [2.24, 2.45) is 5.92 Å². The Hall–Kier alpha value is -1.12. The Morgan fingerprint density at radius 2 is 2.11 bits per heavy atom. The summed E-state index contributed by atoms with van der Waals surface area (Å²) in [5, 5.41) is 14.4. The van der Waals surface area contributed by atoms with E-state index in [2.05, 4.69) is 29.4 Å². The third-order valence-electron chi connectivity index (χ3n) is 3.25. The second kappa shape index (κ2) is 8.06. The van der Waals surface area contributed by atoms with Gasteiger partial charge in [0, 0.05) is 6.04 Å². The molecular formula is C13H24N4O. The smallest absolute Gasteiger partial charge is 0.235 e. The minimum Gasteiger partial charge on any atom is -0.342 e. The molecule has 0 radical (unpaired) electrons. The fourth-order valence-corrected chi connectivity index (χ4v) is 2.15. The summed E-state index contributed by atoms with van der Waals surface area (Å²) >= 11 is 0. The molecule has 1 saturated heterocycles. The molecule has 0 bridgehead atoms. The first-order valence-corrected chi connectivity index (χ1v) is 6.71. The van der Waals surface area contributed by atoms with Gasteiger partial charge in [-0.25, -0.2) is 0 Å². The molecule has 0 spiro atoms. The van der Waals surface area contributed by atoms with Gasteiger partial charge < -0.3 is 10.6 Å². The summed E-state index contributed by atoms with van der Waals surface area (Å²) in [5.74, 6) is 0.682. The molecule has 102 valence electrons. The summed E-state index contributed by atoms with van der Waals surface area (Å²) in [6, 6.07) is 2.45. The Morgan fingerprint density at radius 3 is 2.67 bits per heavy atom. The van der Waals surface area contributed by atoms with Crippen molar-refractivity contribution in [3.05, 3.63) is 0 Å². The number of amides is 1. The molecule has 18 heavy (non-hydrogen) atoms. The topological polar surface area (TPSA) is 68.2 Å². The fourth-order valence-electron chi connectivity index (χ4n) is 2.15. The zero-order chi connectivity index (χ0) is 13.4. The Labute approximate surface area is 110 Å². The number of carbonyl (C=O) groups excluding carboxylic acids is 1. The van der Waals surface area contributed by atoms with E-state index in [1.54, 1.807) is 0 Å². The number of nitriles is 1. The number of nitrogens with one attached hydrogen (secondary N) is 2. The summed E-state index contributed by atoms with van der Waals surface area (Å²) in [6.07, 6.45) is 2.29. The molecule has 1 fully saturated rings. The molecule has 0 unspecified atom stereocenters. The number of nitrogens with zero attached hydrogens (tertiary/aromatic N) is 2. The van der Waals surface area contributed by atoms with Crippen molar-refractivity contribution in [3.63, 3.8) is 0 Å². The maximum atomic E-state index is 11.5. The first kappa shape index (κ1) is 14.9. The number of hydrogen-bond donors (Lipinski definition) is 2. The van der Waals surface area contributed by atoms with Crippen molar-refractivity contribution in [1.29, 1.82) is 5.26 Å². The minimum absolute atomic E-state index is 0.0460. The molecule has 1 amide bonds. The van der Waals surface area contributed by atoms with Gasteiger partial charge in [0.05, 0.1) is 12.6 Å². The van der Waals surface area contributed by atoms with E-state index >= 15 is 0 Å². The maximum absolute atomic E-state index is 11.5. The van der Waals surface area contributed by atoms with Gasteiger partial charge in [-0.05, 0) is 38.4 Å². The van der Waals surface area contributed by atoms with E-state index < -0.39 is 0 Å². The van der Waals surface area contributed by atoms with Gasteiger partial charge in [-0.2, -0.15) is 5.26 Å². The lowest BCUT2D eigenvalue weighted by atomic mass is 9.96. The van der Waals surface area contributed by atoms with Crippen LogP contribution < -0.4 is 10.6 Å². The van der Waals surface area contributed by atoms with Crippen molar-refractivity contribution in [1.82, 2.24) is 15.5 Å². The van der Waals surface area contributed by atoms with Crippen LogP contribution in [0.1, 0.15) is 26.7 Å². The molecule has 0 saturated carbocycles. The highest BCUT2D eigenvalue weighted by atomic mass is 16.2. The highest BCUT2D eigenvalue weighted by molar-refractivity contribution is 5.78. The molecule has 2 N–H and O–H groups in total. The van der Waals surface area contributed by atoms with Crippen LogP contribution in [0.15, 0.2) is 0 Å². The molecule has 0 aromatic carbocycles. The van der Waals surface area contributed by atoms with E-state index in [1.807, 2.05) is 6.07 Å². The Kier molecular flexibility index (Phi) is 6.69. The first-order chi connectivity index (χ1) is 8.61. The van der Waals surface area contributed by atoms with E-state index in [1.165, 1.54) is 0 Å². The quantitative estimate of drug-likeness (QED) is 0.669. The van der Waals surface area contributed by atoms with E-state index in [0.29, 0.717) is 12.6 Å². The number of likely N-dealkylation sites (tertiary alicyclic amines) is 1. The van der Waals surface area contributed by atoms with Crippen molar-refractivity contribution < 1.29 is 4.79 Å². The van der Waals surface area contributed by atoms with Crippen LogP contribution in [0.3, 0.4) is 0 Å². The van der Waals surface area contributed by atoms with Crippen LogP contribution in [0.5, 0.6) is 0 Å². The lowest BCUT2D eigenvalue weighted by molar-refractivity contribution is -0.122. The average molecular weight is 252 g/mol. The number of piperidine rings is 1. The summed E-state index contributed by atoms with van der Waals surface area (Å²) in [5.41, 5.74) is 0.